The molecule has 0 amide bonds. The molecule has 0 aliphatic rings. The quantitative estimate of drug-likeness (QED) is 0.815. The number of alkyl halides is 2. The van der Waals surface area contributed by atoms with Crippen molar-refractivity contribution in [1.82, 2.24) is 14.9 Å². The number of rotatable bonds is 6. The number of halogens is 2. The summed E-state index contributed by atoms with van der Waals surface area (Å²) in [5, 5.41) is 3.19. The fourth-order valence-electron chi connectivity index (χ4n) is 1.71. The van der Waals surface area contributed by atoms with Gasteiger partial charge in [0.1, 0.15) is 5.82 Å². The zero-order valence-corrected chi connectivity index (χ0v) is 9.95. The summed E-state index contributed by atoms with van der Waals surface area (Å²) in [6, 6.07) is 0.308. The Kier molecular flexibility index (Phi) is 4.86. The van der Waals surface area contributed by atoms with Gasteiger partial charge in [-0.2, -0.15) is 8.78 Å². The molecule has 0 spiro atoms. The standard InChI is InChI=1S/C11H19F2N3/c1-8(2)6-9(3)15-7-10-14-4-5-16(10)11(12)13/h4-5,8-9,11,15H,6-7H2,1-3H3. The zero-order valence-electron chi connectivity index (χ0n) is 9.95. The molecule has 92 valence electrons. The van der Waals surface area contributed by atoms with E-state index in [1.165, 1.54) is 12.4 Å². The Labute approximate surface area is 94.9 Å². The average molecular weight is 231 g/mol. The lowest BCUT2D eigenvalue weighted by atomic mass is 10.1. The molecule has 1 rings (SSSR count). The van der Waals surface area contributed by atoms with Gasteiger partial charge in [0.15, 0.2) is 0 Å². The zero-order chi connectivity index (χ0) is 12.1. The first-order valence-electron chi connectivity index (χ1n) is 5.54. The molecular weight excluding hydrogens is 212 g/mol. The van der Waals surface area contributed by atoms with Gasteiger partial charge in [-0.1, -0.05) is 13.8 Å². The maximum atomic E-state index is 12.5. The minimum absolute atomic E-state index is 0.308. The van der Waals surface area contributed by atoms with Crippen molar-refractivity contribution in [3.05, 3.63) is 18.2 Å². The molecule has 1 atom stereocenters. The highest BCUT2D eigenvalue weighted by atomic mass is 19.3. The van der Waals surface area contributed by atoms with Crippen molar-refractivity contribution in [2.24, 2.45) is 5.92 Å². The van der Waals surface area contributed by atoms with Crippen LogP contribution < -0.4 is 5.32 Å². The van der Waals surface area contributed by atoms with Crippen LogP contribution in [0.25, 0.3) is 0 Å². The largest absolute Gasteiger partial charge is 0.319 e. The topological polar surface area (TPSA) is 29.9 Å². The van der Waals surface area contributed by atoms with Gasteiger partial charge in [0.05, 0.1) is 6.54 Å². The number of aromatic nitrogens is 2. The number of hydrogen-bond acceptors (Lipinski definition) is 2. The van der Waals surface area contributed by atoms with Gasteiger partial charge in [-0.3, -0.25) is 4.57 Å². The maximum Gasteiger partial charge on any atom is 0.319 e. The second-order valence-corrected chi connectivity index (χ2v) is 4.44. The Morgan fingerprint density at radius 3 is 2.62 bits per heavy atom. The normalized spacial score (nSPS) is 13.7. The summed E-state index contributed by atoms with van der Waals surface area (Å²) < 4.78 is 25.9. The third-order valence-electron chi connectivity index (χ3n) is 2.39. The number of imidazole rings is 1. The van der Waals surface area contributed by atoms with Gasteiger partial charge in [-0.25, -0.2) is 4.98 Å². The molecule has 1 N–H and O–H groups in total. The number of nitrogens with zero attached hydrogens (tertiary/aromatic N) is 2. The van der Waals surface area contributed by atoms with Crippen LogP contribution in [-0.4, -0.2) is 15.6 Å². The Balaban J connectivity index is 2.45. The van der Waals surface area contributed by atoms with Gasteiger partial charge in [0.2, 0.25) is 0 Å². The van der Waals surface area contributed by atoms with Crippen molar-refractivity contribution in [3.63, 3.8) is 0 Å². The lowest BCUT2D eigenvalue weighted by molar-refractivity contribution is 0.0664. The van der Waals surface area contributed by atoms with Crippen LogP contribution in [0.2, 0.25) is 0 Å². The Morgan fingerprint density at radius 1 is 1.38 bits per heavy atom. The van der Waals surface area contributed by atoms with Crippen molar-refractivity contribution in [2.75, 3.05) is 0 Å². The molecule has 0 saturated heterocycles. The molecule has 1 aromatic rings. The minimum Gasteiger partial charge on any atom is -0.307 e. The predicted molar refractivity (Wildman–Crippen MR) is 59.2 cm³/mol. The molecule has 0 aliphatic carbocycles. The molecule has 3 nitrogen and oxygen atoms in total. The molecule has 1 heterocycles. The Hall–Kier alpha value is -0.970. The molecule has 0 fully saturated rings. The van der Waals surface area contributed by atoms with E-state index in [1.807, 2.05) is 0 Å². The molecule has 16 heavy (non-hydrogen) atoms. The van der Waals surface area contributed by atoms with E-state index >= 15 is 0 Å². The summed E-state index contributed by atoms with van der Waals surface area (Å²) in [6.45, 7) is 4.19. The van der Waals surface area contributed by atoms with E-state index in [4.69, 9.17) is 0 Å². The van der Waals surface area contributed by atoms with Gasteiger partial charge < -0.3 is 5.32 Å². The van der Waals surface area contributed by atoms with E-state index in [-0.39, 0.29) is 0 Å². The maximum absolute atomic E-state index is 12.5. The van der Waals surface area contributed by atoms with Gasteiger partial charge in [-0.15, -0.1) is 0 Å². The Bertz CT molecular complexity index is 310. The van der Waals surface area contributed by atoms with Gasteiger partial charge in [0.25, 0.3) is 0 Å². The third kappa shape index (κ3) is 3.89. The fraction of sp³-hybridized carbons (Fsp3) is 0.727. The smallest absolute Gasteiger partial charge is 0.307 e. The molecule has 0 radical (unpaired) electrons. The highest BCUT2D eigenvalue weighted by molar-refractivity contribution is 4.92. The van der Waals surface area contributed by atoms with Crippen LogP contribution in [-0.2, 0) is 6.54 Å². The van der Waals surface area contributed by atoms with Crippen molar-refractivity contribution >= 4 is 0 Å². The lowest BCUT2D eigenvalue weighted by Gasteiger charge is -2.16. The lowest BCUT2D eigenvalue weighted by Crippen LogP contribution is -2.28. The first kappa shape index (κ1) is 13.1. The van der Waals surface area contributed by atoms with Crippen LogP contribution in [0.1, 0.15) is 39.6 Å². The van der Waals surface area contributed by atoms with Crippen molar-refractivity contribution in [3.8, 4) is 0 Å². The van der Waals surface area contributed by atoms with Crippen LogP contribution in [0.15, 0.2) is 12.4 Å². The third-order valence-corrected chi connectivity index (χ3v) is 2.39. The van der Waals surface area contributed by atoms with Crippen LogP contribution in [0.4, 0.5) is 8.78 Å². The molecule has 0 aliphatic heterocycles. The second kappa shape index (κ2) is 5.94. The highest BCUT2D eigenvalue weighted by Gasteiger charge is 2.12. The predicted octanol–water partition coefficient (Wildman–Crippen LogP) is 2.80. The second-order valence-electron chi connectivity index (χ2n) is 4.44. The molecule has 0 saturated carbocycles. The highest BCUT2D eigenvalue weighted by Crippen LogP contribution is 2.12. The fourth-order valence-corrected chi connectivity index (χ4v) is 1.71. The van der Waals surface area contributed by atoms with Crippen LogP contribution in [0.3, 0.4) is 0 Å². The van der Waals surface area contributed by atoms with Crippen LogP contribution in [0, 0.1) is 5.92 Å². The number of nitrogens with one attached hydrogen (secondary N) is 1. The van der Waals surface area contributed by atoms with Crippen molar-refractivity contribution in [2.45, 2.75) is 46.3 Å². The summed E-state index contributed by atoms with van der Waals surface area (Å²) >= 11 is 0. The van der Waals surface area contributed by atoms with E-state index in [1.54, 1.807) is 0 Å². The van der Waals surface area contributed by atoms with Gasteiger partial charge in [-0.05, 0) is 19.3 Å². The molecule has 1 aromatic heterocycles. The first-order valence-corrected chi connectivity index (χ1v) is 5.54. The van der Waals surface area contributed by atoms with Gasteiger partial charge >= 0.3 is 6.55 Å². The van der Waals surface area contributed by atoms with E-state index in [9.17, 15) is 8.78 Å². The molecular formula is C11H19F2N3. The molecule has 0 bridgehead atoms. The summed E-state index contributed by atoms with van der Waals surface area (Å²) in [6.07, 6.45) is 3.72. The van der Waals surface area contributed by atoms with E-state index in [0.717, 1.165) is 11.0 Å². The Morgan fingerprint density at radius 2 is 2.06 bits per heavy atom. The van der Waals surface area contributed by atoms with Crippen LogP contribution in [0.5, 0.6) is 0 Å². The minimum atomic E-state index is -2.51. The van der Waals surface area contributed by atoms with E-state index < -0.39 is 6.55 Å². The summed E-state index contributed by atoms with van der Waals surface area (Å²) in [5.74, 6) is 0.975. The average Bonchev–Trinajstić information content (AvgIpc) is 2.61. The number of hydrogen-bond donors (Lipinski definition) is 1. The first-order chi connectivity index (χ1) is 7.50. The van der Waals surface area contributed by atoms with Crippen LogP contribution >= 0.6 is 0 Å². The van der Waals surface area contributed by atoms with E-state index in [0.29, 0.717) is 24.3 Å². The summed E-state index contributed by atoms with van der Waals surface area (Å²) in [7, 11) is 0. The monoisotopic (exact) mass is 231 g/mol. The molecule has 1 unspecified atom stereocenters. The molecule has 5 heteroatoms. The van der Waals surface area contributed by atoms with Crippen molar-refractivity contribution < 1.29 is 8.78 Å². The van der Waals surface area contributed by atoms with Gasteiger partial charge in [0, 0.05) is 18.4 Å². The van der Waals surface area contributed by atoms with Crippen molar-refractivity contribution in [1.29, 1.82) is 0 Å². The SMILES string of the molecule is CC(C)CC(C)NCc1nccn1C(F)F. The van der Waals surface area contributed by atoms with E-state index in [2.05, 4.69) is 31.1 Å². The summed E-state index contributed by atoms with van der Waals surface area (Å²) in [5.41, 5.74) is 0. The summed E-state index contributed by atoms with van der Waals surface area (Å²) in [4.78, 5) is 3.91. The molecule has 0 aromatic carbocycles.